The van der Waals surface area contributed by atoms with Crippen molar-refractivity contribution in [3.8, 4) is 5.75 Å². The van der Waals surface area contributed by atoms with Crippen molar-refractivity contribution in [2.75, 3.05) is 26.3 Å². The number of fused-ring (bicyclic) bond motifs is 1. The second-order valence-corrected chi connectivity index (χ2v) is 8.05. The molecule has 0 aliphatic carbocycles. The van der Waals surface area contributed by atoms with Crippen LogP contribution in [0.4, 0.5) is 13.2 Å². The average molecular weight is 470 g/mol. The molecule has 1 amide bonds. The molecule has 2 aromatic heterocycles. The van der Waals surface area contributed by atoms with E-state index in [2.05, 4.69) is 4.98 Å². The molecule has 2 atom stereocenters. The highest BCUT2D eigenvalue weighted by molar-refractivity contribution is 5.93. The zero-order valence-electron chi connectivity index (χ0n) is 18.0. The lowest BCUT2D eigenvalue weighted by Gasteiger charge is -2.50. The van der Waals surface area contributed by atoms with Crippen molar-refractivity contribution < 1.29 is 41.8 Å². The van der Waals surface area contributed by atoms with Gasteiger partial charge in [0.1, 0.15) is 5.75 Å². The number of aryl methyl sites for hydroxylation is 1. The highest BCUT2D eigenvalue weighted by Crippen LogP contribution is 2.41. The van der Waals surface area contributed by atoms with Gasteiger partial charge >= 0.3 is 12.1 Å². The van der Waals surface area contributed by atoms with E-state index >= 15 is 0 Å². The summed E-state index contributed by atoms with van der Waals surface area (Å²) in [6.45, 7) is 4.50. The molecule has 11 heteroatoms. The zero-order valence-corrected chi connectivity index (χ0v) is 18.0. The van der Waals surface area contributed by atoms with Gasteiger partial charge in [0.2, 0.25) is 0 Å². The molecule has 2 aliphatic heterocycles. The highest BCUT2D eigenvalue weighted by Gasteiger charge is 2.48. The summed E-state index contributed by atoms with van der Waals surface area (Å²) in [5.41, 5.74) is 0.681. The van der Waals surface area contributed by atoms with Crippen LogP contribution in [-0.2, 0) is 9.53 Å². The number of aromatic nitrogens is 1. The smallest absolute Gasteiger partial charge is 0.490 e. The van der Waals surface area contributed by atoms with Crippen LogP contribution < -0.4 is 4.74 Å². The van der Waals surface area contributed by atoms with Crippen LogP contribution in [0.15, 0.2) is 41.3 Å². The third-order valence-electron chi connectivity index (χ3n) is 5.73. The maximum absolute atomic E-state index is 12.9. The lowest BCUT2D eigenvalue weighted by molar-refractivity contribution is -0.192. The van der Waals surface area contributed by atoms with Gasteiger partial charge in [0.05, 0.1) is 25.2 Å². The van der Waals surface area contributed by atoms with E-state index in [4.69, 9.17) is 23.8 Å². The monoisotopic (exact) mass is 470 g/mol. The van der Waals surface area contributed by atoms with E-state index in [-0.39, 0.29) is 17.4 Å². The van der Waals surface area contributed by atoms with Gasteiger partial charge in [-0.15, -0.1) is 0 Å². The van der Waals surface area contributed by atoms with Crippen LogP contribution in [0, 0.1) is 12.3 Å². The van der Waals surface area contributed by atoms with Crippen LogP contribution >= 0.6 is 0 Å². The van der Waals surface area contributed by atoms with Gasteiger partial charge in [-0.3, -0.25) is 9.78 Å². The molecule has 33 heavy (non-hydrogen) atoms. The van der Waals surface area contributed by atoms with E-state index in [1.165, 1.54) is 0 Å². The van der Waals surface area contributed by atoms with Crippen LogP contribution in [0.5, 0.6) is 5.75 Å². The first-order chi connectivity index (χ1) is 15.6. The molecular weight excluding hydrogens is 445 g/mol. The predicted octanol–water partition coefficient (Wildman–Crippen LogP) is 3.71. The van der Waals surface area contributed by atoms with Gasteiger partial charge in [-0.25, -0.2) is 4.79 Å². The molecule has 0 aromatic carbocycles. The number of halogens is 3. The fraction of sp³-hybridized carbons (Fsp3) is 0.500. The Balaban J connectivity index is 0.000000383. The Kier molecular flexibility index (Phi) is 7.62. The number of furan rings is 1. The molecule has 2 aromatic rings. The summed E-state index contributed by atoms with van der Waals surface area (Å²) in [4.78, 5) is 27.8. The third kappa shape index (κ3) is 6.04. The maximum atomic E-state index is 12.9. The molecule has 0 bridgehead atoms. The fourth-order valence-corrected chi connectivity index (χ4v) is 4.07. The molecule has 4 rings (SSSR count). The Morgan fingerprint density at radius 1 is 1.36 bits per heavy atom. The molecule has 8 nitrogen and oxygen atoms in total. The summed E-state index contributed by atoms with van der Waals surface area (Å²) in [7, 11) is 0. The summed E-state index contributed by atoms with van der Waals surface area (Å²) in [6.07, 6.45) is 2.84. The second kappa shape index (κ2) is 10.2. The minimum absolute atomic E-state index is 0.0442. The number of carboxylic acid groups (broad SMARTS) is 1. The van der Waals surface area contributed by atoms with Crippen molar-refractivity contribution in [3.63, 3.8) is 0 Å². The van der Waals surface area contributed by atoms with Gasteiger partial charge in [-0.2, -0.15) is 13.2 Å². The van der Waals surface area contributed by atoms with Crippen molar-refractivity contribution in [1.82, 2.24) is 9.88 Å². The van der Waals surface area contributed by atoms with Crippen molar-refractivity contribution >= 4 is 11.9 Å². The van der Waals surface area contributed by atoms with E-state index < -0.39 is 12.1 Å². The van der Waals surface area contributed by atoms with Crippen LogP contribution in [-0.4, -0.2) is 65.5 Å². The molecule has 4 heterocycles. The molecule has 2 fully saturated rings. The number of carboxylic acids is 1. The molecule has 0 saturated carbocycles. The van der Waals surface area contributed by atoms with E-state index in [1.807, 2.05) is 30.0 Å². The van der Waals surface area contributed by atoms with Crippen LogP contribution in [0.3, 0.4) is 0 Å². The summed E-state index contributed by atoms with van der Waals surface area (Å²) in [6, 6.07) is 5.59. The number of amides is 1. The molecule has 0 radical (unpaired) electrons. The Hall–Kier alpha value is -3.08. The molecular formula is C22H25F3N2O6. The highest BCUT2D eigenvalue weighted by atomic mass is 19.4. The van der Waals surface area contributed by atoms with Crippen molar-refractivity contribution in [1.29, 1.82) is 0 Å². The minimum Gasteiger partial charge on any atom is -0.491 e. The number of pyridine rings is 1. The number of carbonyl (C=O) groups excluding carboxylic acids is 1. The van der Waals surface area contributed by atoms with E-state index in [9.17, 15) is 18.0 Å². The SMILES string of the molecule is Cc1ccoc1C(=O)N1CCC2OCCCC2(COc2cccnc2)C1.O=C(O)C(F)(F)F. The van der Waals surface area contributed by atoms with Gasteiger partial charge < -0.3 is 23.9 Å². The van der Waals surface area contributed by atoms with Gasteiger partial charge in [-0.05, 0) is 44.4 Å². The zero-order chi connectivity index (χ0) is 24.1. The van der Waals surface area contributed by atoms with Crippen molar-refractivity contribution in [2.45, 2.75) is 38.5 Å². The number of rotatable bonds is 4. The quantitative estimate of drug-likeness (QED) is 0.727. The number of ether oxygens (including phenoxy) is 2. The molecule has 1 N–H and O–H groups in total. The number of carbonyl (C=O) groups is 2. The lowest BCUT2D eigenvalue weighted by atomic mass is 9.73. The number of piperidine rings is 1. The topological polar surface area (TPSA) is 102 Å². The van der Waals surface area contributed by atoms with Gasteiger partial charge in [0, 0.05) is 36.9 Å². The van der Waals surface area contributed by atoms with Crippen molar-refractivity contribution in [2.24, 2.45) is 5.41 Å². The number of nitrogens with zero attached hydrogens (tertiary/aromatic N) is 2. The first-order valence-corrected chi connectivity index (χ1v) is 10.4. The van der Waals surface area contributed by atoms with Gasteiger partial charge in [0.15, 0.2) is 5.76 Å². The van der Waals surface area contributed by atoms with Crippen molar-refractivity contribution in [3.05, 3.63) is 48.2 Å². The number of alkyl halides is 3. The van der Waals surface area contributed by atoms with Gasteiger partial charge in [0.25, 0.3) is 5.91 Å². The summed E-state index contributed by atoms with van der Waals surface area (Å²) in [5, 5.41) is 7.12. The normalized spacial score (nSPS) is 22.5. The lowest BCUT2D eigenvalue weighted by Crippen LogP contribution is -2.58. The maximum Gasteiger partial charge on any atom is 0.490 e. The molecule has 0 spiro atoms. The molecule has 2 unspecified atom stereocenters. The first-order valence-electron chi connectivity index (χ1n) is 10.4. The largest absolute Gasteiger partial charge is 0.491 e. The number of hydrogen-bond donors (Lipinski definition) is 1. The summed E-state index contributed by atoms with van der Waals surface area (Å²) in [5.74, 6) is -1.62. The molecule has 2 aliphatic rings. The van der Waals surface area contributed by atoms with Crippen LogP contribution in [0.25, 0.3) is 0 Å². The Morgan fingerprint density at radius 3 is 2.73 bits per heavy atom. The Morgan fingerprint density at radius 2 is 2.12 bits per heavy atom. The predicted molar refractivity (Wildman–Crippen MR) is 109 cm³/mol. The second-order valence-electron chi connectivity index (χ2n) is 8.05. The van der Waals surface area contributed by atoms with Crippen LogP contribution in [0.2, 0.25) is 0 Å². The minimum atomic E-state index is -5.08. The number of likely N-dealkylation sites (tertiary alicyclic amines) is 1. The molecule has 2 saturated heterocycles. The number of aliphatic carboxylic acids is 1. The fourth-order valence-electron chi connectivity index (χ4n) is 4.07. The standard InChI is InChI=1S/C20H24N2O4.C2HF3O2/c1-15-6-11-25-18(15)19(23)22-9-5-17-20(13-22,7-3-10-24-17)14-26-16-4-2-8-21-12-16;3-2(4,5)1(6)7/h2,4,6,8,11-12,17H,3,5,7,9-10,13-14H2,1H3;(H,6,7). The average Bonchev–Trinajstić information content (AvgIpc) is 3.23. The third-order valence-corrected chi connectivity index (χ3v) is 5.73. The summed E-state index contributed by atoms with van der Waals surface area (Å²) >= 11 is 0. The Bertz CT molecular complexity index is 949. The van der Waals surface area contributed by atoms with Gasteiger partial charge in [-0.1, -0.05) is 0 Å². The molecule has 180 valence electrons. The first kappa shape index (κ1) is 24.6. The number of hydrogen-bond acceptors (Lipinski definition) is 6. The Labute approximate surface area is 188 Å². The van der Waals surface area contributed by atoms with E-state index in [1.54, 1.807) is 18.7 Å². The van der Waals surface area contributed by atoms with Crippen LogP contribution in [0.1, 0.15) is 35.4 Å². The van der Waals surface area contributed by atoms with E-state index in [0.29, 0.717) is 25.5 Å². The van der Waals surface area contributed by atoms with E-state index in [0.717, 1.165) is 37.2 Å². The summed E-state index contributed by atoms with van der Waals surface area (Å²) < 4.78 is 49.3.